The van der Waals surface area contributed by atoms with Crippen LogP contribution >= 0.6 is 0 Å². The second-order valence-corrected chi connectivity index (χ2v) is 4.72. The standard InChI is InChI=1S/C15H13NO5/c17-14-4-1-9-7-10(2-3-12(9)16-14)21-8-13-11(15(18)19)5-6-20-13/h2-3,5-7H,1,4,8H2,(H,16,17)(H,18,19). The number of amides is 1. The summed E-state index contributed by atoms with van der Waals surface area (Å²) < 4.78 is 10.7. The van der Waals surface area contributed by atoms with Crippen molar-refractivity contribution in [3.63, 3.8) is 0 Å². The number of carboxylic acids is 1. The van der Waals surface area contributed by atoms with E-state index in [1.54, 1.807) is 12.1 Å². The molecule has 0 aliphatic carbocycles. The lowest BCUT2D eigenvalue weighted by atomic mass is 10.0. The summed E-state index contributed by atoms with van der Waals surface area (Å²) in [6.45, 7) is 0.0414. The number of carbonyl (C=O) groups is 2. The molecule has 0 saturated carbocycles. The van der Waals surface area contributed by atoms with Gasteiger partial charge in [0.25, 0.3) is 0 Å². The number of carbonyl (C=O) groups excluding carboxylic acids is 1. The average Bonchev–Trinajstić information content (AvgIpc) is 2.93. The number of carboxylic acid groups (broad SMARTS) is 1. The fourth-order valence-electron chi connectivity index (χ4n) is 2.24. The van der Waals surface area contributed by atoms with E-state index >= 15 is 0 Å². The van der Waals surface area contributed by atoms with Gasteiger partial charge in [-0.25, -0.2) is 4.79 Å². The molecular formula is C15H13NO5. The largest absolute Gasteiger partial charge is 0.486 e. The fourth-order valence-corrected chi connectivity index (χ4v) is 2.24. The smallest absolute Gasteiger partial charge is 0.339 e. The zero-order valence-corrected chi connectivity index (χ0v) is 11.1. The molecule has 2 N–H and O–H groups in total. The summed E-state index contributed by atoms with van der Waals surface area (Å²) in [5, 5.41) is 11.8. The van der Waals surface area contributed by atoms with Crippen LogP contribution in [-0.2, 0) is 17.8 Å². The quantitative estimate of drug-likeness (QED) is 0.901. The van der Waals surface area contributed by atoms with Gasteiger partial charge in [0.05, 0.1) is 6.26 Å². The molecule has 108 valence electrons. The minimum atomic E-state index is -1.05. The zero-order valence-electron chi connectivity index (χ0n) is 11.1. The van der Waals surface area contributed by atoms with E-state index in [0.29, 0.717) is 18.6 Å². The van der Waals surface area contributed by atoms with Crippen LogP contribution in [0.2, 0.25) is 0 Å². The van der Waals surface area contributed by atoms with Gasteiger partial charge in [-0.15, -0.1) is 0 Å². The van der Waals surface area contributed by atoms with Crippen LogP contribution in [0, 0.1) is 0 Å². The van der Waals surface area contributed by atoms with Crippen LogP contribution in [0.1, 0.15) is 28.1 Å². The van der Waals surface area contributed by atoms with Crippen molar-refractivity contribution >= 4 is 17.6 Å². The molecule has 2 heterocycles. The first kappa shape index (κ1) is 13.2. The molecule has 0 spiro atoms. The molecule has 0 saturated heterocycles. The Hall–Kier alpha value is -2.76. The van der Waals surface area contributed by atoms with Crippen LogP contribution in [0.5, 0.6) is 5.75 Å². The van der Waals surface area contributed by atoms with E-state index in [9.17, 15) is 9.59 Å². The normalized spacial score (nSPS) is 13.4. The Balaban J connectivity index is 1.72. The molecule has 0 radical (unpaired) electrons. The Morgan fingerprint density at radius 2 is 2.19 bits per heavy atom. The van der Waals surface area contributed by atoms with E-state index in [1.165, 1.54) is 12.3 Å². The lowest BCUT2D eigenvalue weighted by Gasteiger charge is -2.17. The third kappa shape index (κ3) is 2.74. The summed E-state index contributed by atoms with van der Waals surface area (Å²) in [6.07, 6.45) is 2.45. The summed E-state index contributed by atoms with van der Waals surface area (Å²) in [5.41, 5.74) is 1.90. The van der Waals surface area contributed by atoms with Gasteiger partial charge >= 0.3 is 5.97 Å². The van der Waals surface area contributed by atoms with Crippen molar-refractivity contribution < 1.29 is 23.8 Å². The van der Waals surface area contributed by atoms with Crippen LogP contribution in [-0.4, -0.2) is 17.0 Å². The van der Waals surface area contributed by atoms with Crippen LogP contribution in [0.15, 0.2) is 34.9 Å². The number of aromatic carboxylic acids is 1. The number of ether oxygens (including phenoxy) is 1. The van der Waals surface area contributed by atoms with Gasteiger partial charge in [0.1, 0.15) is 17.9 Å². The van der Waals surface area contributed by atoms with Crippen molar-refractivity contribution in [3.05, 3.63) is 47.4 Å². The van der Waals surface area contributed by atoms with Crippen molar-refractivity contribution in [2.24, 2.45) is 0 Å². The summed E-state index contributed by atoms with van der Waals surface area (Å²) in [6, 6.07) is 6.75. The first-order valence-electron chi connectivity index (χ1n) is 6.49. The van der Waals surface area contributed by atoms with Gasteiger partial charge < -0.3 is 19.6 Å². The topological polar surface area (TPSA) is 88.8 Å². The Labute approximate surface area is 120 Å². The monoisotopic (exact) mass is 287 g/mol. The van der Waals surface area contributed by atoms with Crippen LogP contribution < -0.4 is 10.1 Å². The Kier molecular flexibility index (Phi) is 3.35. The SMILES string of the molecule is O=C1CCc2cc(OCc3occc3C(=O)O)ccc2N1. The number of aryl methyl sites for hydroxylation is 1. The maximum Gasteiger partial charge on any atom is 0.339 e. The molecule has 6 nitrogen and oxygen atoms in total. The predicted octanol–water partition coefficient (Wildman–Crippen LogP) is 2.44. The number of hydrogen-bond donors (Lipinski definition) is 2. The van der Waals surface area contributed by atoms with Crippen molar-refractivity contribution in [2.75, 3.05) is 5.32 Å². The summed E-state index contributed by atoms with van der Waals surface area (Å²) in [4.78, 5) is 22.2. The molecule has 1 aliphatic rings. The van der Waals surface area contributed by atoms with E-state index < -0.39 is 5.97 Å². The summed E-state index contributed by atoms with van der Waals surface area (Å²) in [7, 11) is 0. The second kappa shape index (κ2) is 5.32. The van der Waals surface area contributed by atoms with Gasteiger partial charge in [0.2, 0.25) is 5.91 Å². The molecule has 0 bridgehead atoms. The Morgan fingerprint density at radius 3 is 3.00 bits per heavy atom. The molecule has 1 aliphatic heterocycles. The number of rotatable bonds is 4. The molecule has 0 fully saturated rings. The molecule has 21 heavy (non-hydrogen) atoms. The van der Waals surface area contributed by atoms with Gasteiger partial charge in [-0.05, 0) is 36.2 Å². The van der Waals surface area contributed by atoms with Crippen molar-refractivity contribution in [1.82, 2.24) is 0 Å². The molecule has 0 unspecified atom stereocenters. The highest BCUT2D eigenvalue weighted by molar-refractivity contribution is 5.94. The number of benzene rings is 1. The number of anilines is 1. The van der Waals surface area contributed by atoms with E-state index in [4.69, 9.17) is 14.3 Å². The molecule has 1 aromatic carbocycles. The van der Waals surface area contributed by atoms with E-state index in [0.717, 1.165) is 11.3 Å². The van der Waals surface area contributed by atoms with E-state index in [-0.39, 0.29) is 23.8 Å². The summed E-state index contributed by atoms with van der Waals surface area (Å²) >= 11 is 0. The first-order valence-corrected chi connectivity index (χ1v) is 6.49. The number of furan rings is 1. The maximum atomic E-state index is 11.3. The highest BCUT2D eigenvalue weighted by atomic mass is 16.5. The number of fused-ring (bicyclic) bond motifs is 1. The lowest BCUT2D eigenvalue weighted by molar-refractivity contribution is -0.116. The molecule has 6 heteroatoms. The van der Waals surface area contributed by atoms with Gasteiger partial charge in [0, 0.05) is 12.1 Å². The Morgan fingerprint density at radius 1 is 1.33 bits per heavy atom. The van der Waals surface area contributed by atoms with Gasteiger partial charge in [0.15, 0.2) is 5.76 Å². The fraction of sp³-hybridized carbons (Fsp3) is 0.200. The van der Waals surface area contributed by atoms with Crippen LogP contribution in [0.4, 0.5) is 5.69 Å². The molecule has 0 atom stereocenters. The average molecular weight is 287 g/mol. The van der Waals surface area contributed by atoms with Crippen molar-refractivity contribution in [2.45, 2.75) is 19.4 Å². The number of nitrogens with one attached hydrogen (secondary N) is 1. The van der Waals surface area contributed by atoms with Crippen LogP contribution in [0.25, 0.3) is 0 Å². The third-order valence-electron chi connectivity index (χ3n) is 3.32. The van der Waals surface area contributed by atoms with Crippen molar-refractivity contribution in [3.8, 4) is 5.75 Å². The first-order chi connectivity index (χ1) is 10.1. The van der Waals surface area contributed by atoms with Gasteiger partial charge in [-0.3, -0.25) is 4.79 Å². The maximum absolute atomic E-state index is 11.3. The third-order valence-corrected chi connectivity index (χ3v) is 3.32. The Bertz CT molecular complexity index is 704. The highest BCUT2D eigenvalue weighted by Gasteiger charge is 2.16. The number of hydrogen-bond acceptors (Lipinski definition) is 4. The minimum absolute atomic E-state index is 0.0119. The van der Waals surface area contributed by atoms with E-state index in [1.807, 2.05) is 6.07 Å². The lowest BCUT2D eigenvalue weighted by Crippen LogP contribution is -2.18. The molecule has 1 aromatic heterocycles. The highest BCUT2D eigenvalue weighted by Crippen LogP contribution is 2.27. The predicted molar refractivity (Wildman–Crippen MR) is 73.4 cm³/mol. The van der Waals surface area contributed by atoms with Gasteiger partial charge in [-0.1, -0.05) is 0 Å². The van der Waals surface area contributed by atoms with E-state index in [2.05, 4.69) is 5.32 Å². The molecular weight excluding hydrogens is 274 g/mol. The van der Waals surface area contributed by atoms with Crippen molar-refractivity contribution in [1.29, 1.82) is 0 Å². The summed E-state index contributed by atoms with van der Waals surface area (Å²) in [5.74, 6) is -0.153. The molecule has 3 rings (SSSR count). The zero-order chi connectivity index (χ0) is 14.8. The van der Waals surface area contributed by atoms with Gasteiger partial charge in [-0.2, -0.15) is 0 Å². The molecule has 2 aromatic rings. The minimum Gasteiger partial charge on any atom is -0.486 e. The second-order valence-electron chi connectivity index (χ2n) is 4.72. The van der Waals surface area contributed by atoms with Crippen LogP contribution in [0.3, 0.4) is 0 Å². The molecule has 1 amide bonds.